The number of carbonyl (C=O) groups excluding carboxylic acids is 1. The fraction of sp³-hybridized carbons (Fsp3) is 0.333. The van der Waals surface area contributed by atoms with Crippen LogP contribution in [0.25, 0.3) is 0 Å². The lowest BCUT2D eigenvalue weighted by Crippen LogP contribution is -2.38. The minimum Gasteiger partial charge on any atom is -0.434 e. The Morgan fingerprint density at radius 1 is 1.17 bits per heavy atom. The molecule has 0 aliphatic heterocycles. The SMILES string of the molecule is CN=C(NCCc1cccc(C(=O)NC)c1)NCc1cc(C)ccc1OC(F)F. The van der Waals surface area contributed by atoms with Crippen LogP contribution in [0.15, 0.2) is 47.5 Å². The maximum absolute atomic E-state index is 12.6. The summed E-state index contributed by atoms with van der Waals surface area (Å²) in [5, 5.41) is 8.88. The van der Waals surface area contributed by atoms with Crippen LogP contribution in [0, 0.1) is 6.92 Å². The number of amides is 1. The molecule has 0 heterocycles. The van der Waals surface area contributed by atoms with Gasteiger partial charge < -0.3 is 20.7 Å². The van der Waals surface area contributed by atoms with Crippen LogP contribution >= 0.6 is 0 Å². The minimum absolute atomic E-state index is 0.128. The lowest BCUT2D eigenvalue weighted by Gasteiger charge is -2.15. The Kier molecular flexibility index (Phi) is 8.39. The molecular formula is C21H26F2N4O2. The van der Waals surface area contributed by atoms with Crippen molar-refractivity contribution in [3.63, 3.8) is 0 Å². The van der Waals surface area contributed by atoms with E-state index in [2.05, 4.69) is 25.7 Å². The Morgan fingerprint density at radius 3 is 2.66 bits per heavy atom. The van der Waals surface area contributed by atoms with Gasteiger partial charge in [0, 0.05) is 38.3 Å². The normalized spacial score (nSPS) is 11.3. The number of rotatable bonds is 8. The summed E-state index contributed by atoms with van der Waals surface area (Å²) in [6.07, 6.45) is 0.690. The molecule has 2 aromatic rings. The highest BCUT2D eigenvalue weighted by atomic mass is 19.3. The zero-order chi connectivity index (χ0) is 21.2. The van der Waals surface area contributed by atoms with Crippen molar-refractivity contribution < 1.29 is 18.3 Å². The molecule has 0 saturated heterocycles. The lowest BCUT2D eigenvalue weighted by molar-refractivity contribution is -0.0504. The van der Waals surface area contributed by atoms with E-state index < -0.39 is 6.61 Å². The van der Waals surface area contributed by atoms with Crippen LogP contribution in [0.3, 0.4) is 0 Å². The summed E-state index contributed by atoms with van der Waals surface area (Å²) in [7, 11) is 3.23. The third-order valence-corrected chi connectivity index (χ3v) is 4.22. The van der Waals surface area contributed by atoms with Crippen molar-refractivity contribution in [2.45, 2.75) is 26.5 Å². The molecule has 2 rings (SSSR count). The molecule has 0 spiro atoms. The van der Waals surface area contributed by atoms with E-state index in [1.165, 1.54) is 6.07 Å². The molecule has 0 aliphatic carbocycles. The van der Waals surface area contributed by atoms with Gasteiger partial charge in [0.05, 0.1) is 0 Å². The van der Waals surface area contributed by atoms with E-state index in [1.54, 1.807) is 32.3 Å². The predicted octanol–water partition coefficient (Wildman–Crippen LogP) is 2.86. The molecule has 0 radical (unpaired) electrons. The zero-order valence-electron chi connectivity index (χ0n) is 16.8. The average Bonchev–Trinajstić information content (AvgIpc) is 2.71. The topological polar surface area (TPSA) is 74.8 Å². The van der Waals surface area contributed by atoms with E-state index in [9.17, 15) is 13.6 Å². The van der Waals surface area contributed by atoms with Crippen LogP contribution in [-0.4, -0.2) is 39.1 Å². The zero-order valence-corrected chi connectivity index (χ0v) is 16.8. The van der Waals surface area contributed by atoms with Crippen molar-refractivity contribution in [1.29, 1.82) is 0 Å². The van der Waals surface area contributed by atoms with Gasteiger partial charge in [-0.3, -0.25) is 9.79 Å². The predicted molar refractivity (Wildman–Crippen MR) is 110 cm³/mol. The number of aryl methyl sites for hydroxylation is 1. The molecule has 0 unspecified atom stereocenters. The standard InChI is InChI=1S/C21H26F2N4O2/c1-14-7-8-18(29-20(22)23)17(11-14)13-27-21(25-3)26-10-9-15-5-4-6-16(12-15)19(28)24-2/h4-8,11-12,20H,9-10,13H2,1-3H3,(H,24,28)(H2,25,26,27). The van der Waals surface area contributed by atoms with Gasteiger partial charge in [-0.2, -0.15) is 8.78 Å². The van der Waals surface area contributed by atoms with Gasteiger partial charge in [0.2, 0.25) is 0 Å². The molecule has 0 aromatic heterocycles. The van der Waals surface area contributed by atoms with E-state index in [0.29, 0.717) is 30.1 Å². The first-order valence-electron chi connectivity index (χ1n) is 9.22. The van der Waals surface area contributed by atoms with Gasteiger partial charge in [0.25, 0.3) is 5.91 Å². The van der Waals surface area contributed by atoms with Crippen LogP contribution < -0.4 is 20.7 Å². The van der Waals surface area contributed by atoms with Crippen LogP contribution in [0.2, 0.25) is 0 Å². The van der Waals surface area contributed by atoms with E-state index in [4.69, 9.17) is 0 Å². The summed E-state index contributed by atoms with van der Waals surface area (Å²) in [5.74, 6) is 0.550. The Bertz CT molecular complexity index is 856. The smallest absolute Gasteiger partial charge is 0.387 e. The number of carbonyl (C=O) groups is 1. The van der Waals surface area contributed by atoms with Gasteiger partial charge in [0.1, 0.15) is 5.75 Å². The summed E-state index contributed by atoms with van der Waals surface area (Å²) < 4.78 is 29.8. The number of aliphatic imine (C=N–C) groups is 1. The molecule has 0 bridgehead atoms. The van der Waals surface area contributed by atoms with Gasteiger partial charge in [-0.15, -0.1) is 0 Å². The highest BCUT2D eigenvalue weighted by molar-refractivity contribution is 5.94. The Balaban J connectivity index is 1.91. The second kappa shape index (κ2) is 11.0. The number of nitrogens with zero attached hydrogens (tertiary/aromatic N) is 1. The molecule has 0 fully saturated rings. The number of nitrogens with one attached hydrogen (secondary N) is 3. The van der Waals surface area contributed by atoms with Crippen LogP contribution in [0.5, 0.6) is 5.75 Å². The number of alkyl halides is 2. The number of halogens is 2. The summed E-state index contributed by atoms with van der Waals surface area (Å²) in [6, 6.07) is 12.5. The Hall–Kier alpha value is -3.16. The lowest BCUT2D eigenvalue weighted by atomic mass is 10.1. The van der Waals surface area contributed by atoms with E-state index >= 15 is 0 Å². The summed E-state index contributed by atoms with van der Waals surface area (Å²) >= 11 is 0. The van der Waals surface area contributed by atoms with E-state index in [-0.39, 0.29) is 18.2 Å². The van der Waals surface area contributed by atoms with Crippen molar-refractivity contribution in [2.24, 2.45) is 4.99 Å². The molecular weight excluding hydrogens is 378 g/mol. The molecule has 156 valence electrons. The second-order valence-corrected chi connectivity index (χ2v) is 6.37. The third-order valence-electron chi connectivity index (χ3n) is 4.22. The number of guanidine groups is 1. The van der Waals surface area contributed by atoms with Crippen molar-refractivity contribution in [1.82, 2.24) is 16.0 Å². The molecule has 29 heavy (non-hydrogen) atoms. The van der Waals surface area contributed by atoms with Crippen molar-refractivity contribution in [2.75, 3.05) is 20.6 Å². The fourth-order valence-electron chi connectivity index (χ4n) is 2.79. The van der Waals surface area contributed by atoms with Crippen molar-refractivity contribution in [3.8, 4) is 5.75 Å². The first-order valence-corrected chi connectivity index (χ1v) is 9.22. The molecule has 6 nitrogen and oxygen atoms in total. The highest BCUT2D eigenvalue weighted by Crippen LogP contribution is 2.21. The van der Waals surface area contributed by atoms with Crippen LogP contribution in [0.4, 0.5) is 8.78 Å². The number of hydrogen-bond donors (Lipinski definition) is 3. The molecule has 1 amide bonds. The first kappa shape index (κ1) is 22.1. The molecule has 0 atom stereocenters. The van der Waals surface area contributed by atoms with Gasteiger partial charge in [-0.25, -0.2) is 0 Å². The maximum atomic E-state index is 12.6. The van der Waals surface area contributed by atoms with Gasteiger partial charge in [0.15, 0.2) is 5.96 Å². The van der Waals surface area contributed by atoms with Crippen molar-refractivity contribution >= 4 is 11.9 Å². The Morgan fingerprint density at radius 2 is 1.97 bits per heavy atom. The largest absolute Gasteiger partial charge is 0.434 e. The van der Waals surface area contributed by atoms with Crippen molar-refractivity contribution in [3.05, 3.63) is 64.7 Å². The number of ether oxygens (including phenoxy) is 1. The van der Waals surface area contributed by atoms with Gasteiger partial charge >= 0.3 is 6.61 Å². The average molecular weight is 404 g/mol. The van der Waals surface area contributed by atoms with E-state index in [0.717, 1.165) is 11.1 Å². The third kappa shape index (κ3) is 7.06. The fourth-order valence-corrected chi connectivity index (χ4v) is 2.79. The molecule has 3 N–H and O–H groups in total. The molecule has 0 aliphatic rings. The number of hydrogen-bond acceptors (Lipinski definition) is 3. The molecule has 8 heteroatoms. The first-order chi connectivity index (χ1) is 13.9. The quantitative estimate of drug-likeness (QED) is 0.467. The second-order valence-electron chi connectivity index (χ2n) is 6.37. The van der Waals surface area contributed by atoms with Gasteiger partial charge in [-0.05, 0) is 37.1 Å². The highest BCUT2D eigenvalue weighted by Gasteiger charge is 2.10. The summed E-state index contributed by atoms with van der Waals surface area (Å²) in [4.78, 5) is 15.9. The summed E-state index contributed by atoms with van der Waals surface area (Å²) in [6.45, 7) is -0.115. The molecule has 0 saturated carbocycles. The van der Waals surface area contributed by atoms with E-state index in [1.807, 2.05) is 25.1 Å². The minimum atomic E-state index is -2.88. The summed E-state index contributed by atoms with van der Waals surface area (Å²) in [5.41, 5.74) is 3.19. The van der Waals surface area contributed by atoms with Crippen LogP contribution in [-0.2, 0) is 13.0 Å². The Labute approximate surface area is 169 Å². The maximum Gasteiger partial charge on any atom is 0.387 e. The monoisotopic (exact) mass is 404 g/mol. The number of benzene rings is 2. The molecule has 2 aromatic carbocycles. The van der Waals surface area contributed by atoms with Crippen LogP contribution in [0.1, 0.15) is 27.0 Å². The van der Waals surface area contributed by atoms with Gasteiger partial charge in [-0.1, -0.05) is 29.8 Å².